The lowest BCUT2D eigenvalue weighted by molar-refractivity contribution is 0.201. The normalized spacial score (nSPS) is 15.6. The Kier molecular flexibility index (Phi) is 5.46. The molecular formula is C29H32O3. The van der Waals surface area contributed by atoms with Crippen LogP contribution in [0.15, 0.2) is 48.5 Å². The summed E-state index contributed by atoms with van der Waals surface area (Å²) in [6, 6.07) is 17.3. The molecule has 3 nitrogen and oxygen atoms in total. The summed E-state index contributed by atoms with van der Waals surface area (Å²) in [6.07, 6.45) is 5.26. The Morgan fingerprint density at radius 3 is 2.31 bits per heavy atom. The Hall–Kier alpha value is -2.78. The van der Waals surface area contributed by atoms with Crippen molar-refractivity contribution in [2.45, 2.75) is 53.1 Å². The van der Waals surface area contributed by atoms with Crippen molar-refractivity contribution in [3.05, 3.63) is 81.9 Å². The van der Waals surface area contributed by atoms with Crippen LogP contribution >= 0.6 is 0 Å². The molecular weight excluding hydrogens is 396 g/mol. The first-order valence-corrected chi connectivity index (χ1v) is 11.7. The van der Waals surface area contributed by atoms with E-state index < -0.39 is 0 Å². The summed E-state index contributed by atoms with van der Waals surface area (Å²) >= 11 is 0. The van der Waals surface area contributed by atoms with Crippen LogP contribution in [-0.2, 0) is 19.4 Å². The molecule has 0 aliphatic heterocycles. The molecule has 0 saturated heterocycles. The van der Waals surface area contributed by atoms with E-state index in [0.717, 1.165) is 11.5 Å². The van der Waals surface area contributed by atoms with Crippen molar-refractivity contribution in [3.63, 3.8) is 0 Å². The maximum atomic E-state index is 9.03. The zero-order valence-corrected chi connectivity index (χ0v) is 19.3. The Morgan fingerprint density at radius 1 is 0.844 bits per heavy atom. The lowest BCUT2D eigenvalue weighted by Crippen LogP contribution is -2.03. The Bertz CT molecular complexity index is 1130. The van der Waals surface area contributed by atoms with Gasteiger partial charge in [-0.3, -0.25) is 0 Å². The topological polar surface area (TPSA) is 38.7 Å². The van der Waals surface area contributed by atoms with E-state index in [-0.39, 0.29) is 6.61 Å². The largest absolute Gasteiger partial charge is 0.491 e. The predicted octanol–water partition coefficient (Wildman–Crippen LogP) is 6.11. The minimum absolute atomic E-state index is 0.0199. The van der Waals surface area contributed by atoms with Crippen molar-refractivity contribution in [2.24, 2.45) is 5.41 Å². The highest BCUT2D eigenvalue weighted by molar-refractivity contribution is 5.75. The number of ether oxygens (including phenoxy) is 2. The van der Waals surface area contributed by atoms with Crippen LogP contribution in [0.1, 0.15) is 46.2 Å². The maximum Gasteiger partial charge on any atom is 0.120 e. The molecule has 1 saturated carbocycles. The highest BCUT2D eigenvalue weighted by atomic mass is 16.5. The third-order valence-electron chi connectivity index (χ3n) is 7.24. The molecule has 2 aliphatic carbocycles. The average molecular weight is 429 g/mol. The molecule has 3 heteroatoms. The molecule has 32 heavy (non-hydrogen) atoms. The molecule has 0 radical (unpaired) electrons. The van der Waals surface area contributed by atoms with Crippen molar-refractivity contribution >= 4 is 0 Å². The van der Waals surface area contributed by atoms with Gasteiger partial charge in [0.25, 0.3) is 0 Å². The van der Waals surface area contributed by atoms with Crippen LogP contribution in [0.3, 0.4) is 0 Å². The fraction of sp³-hybridized carbons (Fsp3) is 0.379. The molecule has 0 amide bonds. The lowest BCUT2D eigenvalue weighted by atomic mass is 9.90. The van der Waals surface area contributed by atoms with Gasteiger partial charge in [0.1, 0.15) is 24.7 Å². The molecule has 1 spiro atoms. The van der Waals surface area contributed by atoms with Gasteiger partial charge in [-0.15, -0.1) is 0 Å². The summed E-state index contributed by atoms with van der Waals surface area (Å²) in [4.78, 5) is 0. The van der Waals surface area contributed by atoms with Crippen molar-refractivity contribution in [1.82, 2.24) is 0 Å². The van der Waals surface area contributed by atoms with Crippen LogP contribution in [0.4, 0.5) is 0 Å². The second-order valence-electron chi connectivity index (χ2n) is 9.67. The first-order valence-electron chi connectivity index (χ1n) is 11.7. The summed E-state index contributed by atoms with van der Waals surface area (Å²) in [5, 5.41) is 9.03. The van der Waals surface area contributed by atoms with Crippen LogP contribution in [0, 0.1) is 26.2 Å². The fourth-order valence-corrected chi connectivity index (χ4v) is 5.30. The minimum atomic E-state index is 0.0199. The number of aliphatic hydroxyl groups is 1. The van der Waals surface area contributed by atoms with Gasteiger partial charge in [0.15, 0.2) is 0 Å². The standard InChI is InChI=1S/C29H32O3/c1-19-13-26(31-12-11-30)14-20(2)28(19)27-6-4-5-23(21(27)3)18-32-25-8-7-22-16-29(9-10-29)17-24(22)15-25/h4-8,13-15,30H,9-12,16-18H2,1-3H3. The third kappa shape index (κ3) is 4.02. The number of fused-ring (bicyclic) bond motifs is 1. The highest BCUT2D eigenvalue weighted by Crippen LogP contribution is 2.55. The van der Waals surface area contributed by atoms with Crippen LogP contribution < -0.4 is 9.47 Å². The predicted molar refractivity (Wildman–Crippen MR) is 129 cm³/mol. The van der Waals surface area contributed by atoms with Crippen LogP contribution in [0.2, 0.25) is 0 Å². The van der Waals surface area contributed by atoms with Crippen molar-refractivity contribution in [3.8, 4) is 22.6 Å². The van der Waals surface area contributed by atoms with E-state index in [0.29, 0.717) is 18.6 Å². The molecule has 5 rings (SSSR count). The Labute approximate surface area is 191 Å². The average Bonchev–Trinajstić information content (AvgIpc) is 3.41. The van der Waals surface area contributed by atoms with Gasteiger partial charge in [0, 0.05) is 0 Å². The van der Waals surface area contributed by atoms with Gasteiger partial charge in [0.05, 0.1) is 6.61 Å². The second kappa shape index (κ2) is 8.29. The maximum absolute atomic E-state index is 9.03. The molecule has 0 heterocycles. The first kappa shape index (κ1) is 21.1. The molecule has 1 N–H and O–H groups in total. The minimum Gasteiger partial charge on any atom is -0.491 e. The smallest absolute Gasteiger partial charge is 0.120 e. The van der Waals surface area contributed by atoms with Gasteiger partial charge >= 0.3 is 0 Å². The van der Waals surface area contributed by atoms with Gasteiger partial charge in [-0.05, 0) is 121 Å². The Balaban J connectivity index is 1.36. The zero-order valence-electron chi connectivity index (χ0n) is 19.3. The number of benzene rings is 3. The number of aliphatic hydroxyl groups excluding tert-OH is 1. The number of hydrogen-bond donors (Lipinski definition) is 1. The molecule has 1 fully saturated rings. The van der Waals surface area contributed by atoms with E-state index in [1.165, 1.54) is 70.2 Å². The molecule has 166 valence electrons. The monoisotopic (exact) mass is 428 g/mol. The van der Waals surface area contributed by atoms with Crippen LogP contribution in [0.25, 0.3) is 11.1 Å². The fourth-order valence-electron chi connectivity index (χ4n) is 5.30. The van der Waals surface area contributed by atoms with Crippen molar-refractivity contribution in [2.75, 3.05) is 13.2 Å². The van der Waals surface area contributed by atoms with E-state index in [2.05, 4.69) is 69.3 Å². The summed E-state index contributed by atoms with van der Waals surface area (Å²) in [5.74, 6) is 1.78. The second-order valence-corrected chi connectivity index (χ2v) is 9.67. The molecule has 3 aromatic carbocycles. The van der Waals surface area contributed by atoms with Crippen LogP contribution in [0.5, 0.6) is 11.5 Å². The van der Waals surface area contributed by atoms with Gasteiger partial charge in [-0.2, -0.15) is 0 Å². The summed E-state index contributed by atoms with van der Waals surface area (Å²) in [5.41, 5.74) is 10.9. The summed E-state index contributed by atoms with van der Waals surface area (Å²) in [6.45, 7) is 7.32. The van der Waals surface area contributed by atoms with Gasteiger partial charge in [0.2, 0.25) is 0 Å². The molecule has 2 aliphatic rings. The molecule has 0 unspecified atom stereocenters. The van der Waals surface area contributed by atoms with E-state index in [4.69, 9.17) is 14.6 Å². The van der Waals surface area contributed by atoms with E-state index in [9.17, 15) is 0 Å². The van der Waals surface area contributed by atoms with Crippen molar-refractivity contribution < 1.29 is 14.6 Å². The molecule has 3 aromatic rings. The van der Waals surface area contributed by atoms with Crippen molar-refractivity contribution in [1.29, 1.82) is 0 Å². The number of hydrogen-bond acceptors (Lipinski definition) is 3. The summed E-state index contributed by atoms with van der Waals surface area (Å²) in [7, 11) is 0. The van der Waals surface area contributed by atoms with E-state index >= 15 is 0 Å². The van der Waals surface area contributed by atoms with E-state index in [1.807, 2.05) is 0 Å². The summed E-state index contributed by atoms with van der Waals surface area (Å²) < 4.78 is 11.9. The van der Waals surface area contributed by atoms with Gasteiger partial charge in [-0.25, -0.2) is 0 Å². The quantitative estimate of drug-likeness (QED) is 0.494. The number of rotatable bonds is 7. The first-order chi connectivity index (χ1) is 15.5. The molecule has 0 aromatic heterocycles. The van der Waals surface area contributed by atoms with Gasteiger partial charge < -0.3 is 14.6 Å². The zero-order chi connectivity index (χ0) is 22.3. The number of aryl methyl sites for hydroxylation is 2. The Morgan fingerprint density at radius 2 is 1.59 bits per heavy atom. The van der Waals surface area contributed by atoms with E-state index in [1.54, 1.807) is 0 Å². The van der Waals surface area contributed by atoms with Crippen LogP contribution in [-0.4, -0.2) is 18.3 Å². The third-order valence-corrected chi connectivity index (χ3v) is 7.24. The highest BCUT2D eigenvalue weighted by Gasteiger charge is 2.46. The lowest BCUT2D eigenvalue weighted by Gasteiger charge is -2.18. The molecule has 0 bridgehead atoms. The molecule has 0 atom stereocenters. The SMILES string of the molecule is Cc1cc(OCCO)cc(C)c1-c1cccc(COc2ccc3c(c2)CC2(CC2)C3)c1C. The van der Waals surface area contributed by atoms with Gasteiger partial charge in [-0.1, -0.05) is 24.3 Å².